The van der Waals surface area contributed by atoms with Gasteiger partial charge in [-0.05, 0) is 43.4 Å². The number of nitrogens with zero attached hydrogens (tertiary/aromatic N) is 1. The molecule has 2 amide bonds. The van der Waals surface area contributed by atoms with Crippen molar-refractivity contribution in [1.29, 1.82) is 0 Å². The van der Waals surface area contributed by atoms with E-state index in [1.54, 1.807) is 0 Å². The molecule has 2 rings (SSSR count). The number of carbonyl (C=O) groups is 1. The third kappa shape index (κ3) is 4.73. The third-order valence-electron chi connectivity index (χ3n) is 4.15. The van der Waals surface area contributed by atoms with Crippen molar-refractivity contribution < 1.29 is 4.79 Å². The Morgan fingerprint density at radius 2 is 1.95 bits per heavy atom. The highest BCUT2D eigenvalue weighted by atomic mass is 79.9. The van der Waals surface area contributed by atoms with E-state index in [0.29, 0.717) is 6.54 Å². The number of benzene rings is 1. The highest BCUT2D eigenvalue weighted by Crippen LogP contribution is 2.29. The van der Waals surface area contributed by atoms with Crippen LogP contribution in [0.15, 0.2) is 28.7 Å². The predicted molar refractivity (Wildman–Crippen MR) is 90.5 cm³/mol. The Morgan fingerprint density at radius 1 is 1.33 bits per heavy atom. The molecule has 0 radical (unpaired) electrons. The molecule has 1 saturated carbocycles. The van der Waals surface area contributed by atoms with Gasteiger partial charge in [-0.3, -0.25) is 0 Å². The van der Waals surface area contributed by atoms with E-state index in [9.17, 15) is 4.79 Å². The Hall–Kier alpha value is -1.03. The second kappa shape index (κ2) is 6.82. The lowest BCUT2D eigenvalue weighted by molar-refractivity contribution is 0.196. The van der Waals surface area contributed by atoms with E-state index in [-0.39, 0.29) is 11.4 Å². The Labute approximate surface area is 136 Å². The zero-order valence-electron chi connectivity index (χ0n) is 13.2. The molecule has 3 nitrogen and oxygen atoms in total. The third-order valence-corrected chi connectivity index (χ3v) is 4.68. The average Bonchev–Trinajstić information content (AvgIpc) is 3.27. The van der Waals surface area contributed by atoms with Gasteiger partial charge >= 0.3 is 6.03 Å². The standard InChI is InChI=1S/C17H25BrN2O/c1-4-20(11-13-5-6-13)16(21)19-12-17(2,3)14-7-9-15(18)10-8-14/h7-10,13H,4-6,11-12H2,1-3H3,(H,19,21). The maximum atomic E-state index is 12.3. The molecule has 116 valence electrons. The number of carbonyl (C=O) groups excluding carboxylic acids is 1. The highest BCUT2D eigenvalue weighted by molar-refractivity contribution is 9.10. The van der Waals surface area contributed by atoms with E-state index < -0.39 is 0 Å². The minimum atomic E-state index is -0.0741. The van der Waals surface area contributed by atoms with Gasteiger partial charge in [-0.2, -0.15) is 0 Å². The van der Waals surface area contributed by atoms with Crippen LogP contribution in [0.25, 0.3) is 0 Å². The lowest BCUT2D eigenvalue weighted by Gasteiger charge is -2.28. The zero-order chi connectivity index (χ0) is 15.5. The number of amides is 2. The minimum Gasteiger partial charge on any atom is -0.337 e. The first kappa shape index (κ1) is 16.3. The van der Waals surface area contributed by atoms with E-state index in [2.05, 4.69) is 47.2 Å². The van der Waals surface area contributed by atoms with Gasteiger partial charge in [0.05, 0.1) is 0 Å². The molecule has 0 aliphatic heterocycles. The van der Waals surface area contributed by atoms with Crippen LogP contribution < -0.4 is 5.32 Å². The van der Waals surface area contributed by atoms with Crippen LogP contribution >= 0.6 is 15.9 Å². The van der Waals surface area contributed by atoms with Gasteiger partial charge in [-0.1, -0.05) is 41.9 Å². The summed E-state index contributed by atoms with van der Waals surface area (Å²) in [5, 5.41) is 3.10. The summed E-state index contributed by atoms with van der Waals surface area (Å²) < 4.78 is 1.08. The predicted octanol–water partition coefficient (Wildman–Crippen LogP) is 4.17. The molecule has 1 N–H and O–H groups in total. The first-order valence-corrected chi connectivity index (χ1v) is 8.50. The van der Waals surface area contributed by atoms with Crippen LogP contribution in [0.1, 0.15) is 39.2 Å². The molecule has 4 heteroatoms. The summed E-state index contributed by atoms with van der Waals surface area (Å²) in [7, 11) is 0. The van der Waals surface area contributed by atoms with Gasteiger partial charge in [0.2, 0.25) is 0 Å². The molecule has 1 fully saturated rings. The number of nitrogens with one attached hydrogen (secondary N) is 1. The zero-order valence-corrected chi connectivity index (χ0v) is 14.7. The number of rotatable bonds is 6. The maximum Gasteiger partial charge on any atom is 0.317 e. The van der Waals surface area contributed by atoms with Crippen LogP contribution in [-0.2, 0) is 5.41 Å². The Morgan fingerprint density at radius 3 is 2.48 bits per heavy atom. The van der Waals surface area contributed by atoms with Crippen LogP contribution in [0.4, 0.5) is 4.79 Å². The normalized spacial score (nSPS) is 14.9. The number of halogens is 1. The summed E-state index contributed by atoms with van der Waals surface area (Å²) in [6, 6.07) is 8.37. The van der Waals surface area contributed by atoms with Crippen LogP contribution in [0.5, 0.6) is 0 Å². The van der Waals surface area contributed by atoms with E-state index in [1.807, 2.05) is 24.0 Å². The van der Waals surface area contributed by atoms with Crippen molar-refractivity contribution in [1.82, 2.24) is 10.2 Å². The Bertz CT molecular complexity index is 480. The fraction of sp³-hybridized carbons (Fsp3) is 0.588. The average molecular weight is 353 g/mol. The molecule has 0 aromatic heterocycles. The molecular formula is C17H25BrN2O. The van der Waals surface area contributed by atoms with Crippen molar-refractivity contribution in [3.05, 3.63) is 34.3 Å². The molecule has 0 atom stereocenters. The summed E-state index contributed by atoms with van der Waals surface area (Å²) in [5.74, 6) is 0.732. The smallest absolute Gasteiger partial charge is 0.317 e. The van der Waals surface area contributed by atoms with Gasteiger partial charge in [0, 0.05) is 29.5 Å². The Kier molecular flexibility index (Phi) is 5.31. The molecule has 0 bridgehead atoms. The fourth-order valence-corrected chi connectivity index (χ4v) is 2.64. The molecule has 21 heavy (non-hydrogen) atoms. The second-order valence-corrected chi connectivity index (χ2v) is 7.45. The van der Waals surface area contributed by atoms with Gasteiger partial charge in [-0.25, -0.2) is 4.79 Å². The fourth-order valence-electron chi connectivity index (χ4n) is 2.38. The van der Waals surface area contributed by atoms with E-state index in [0.717, 1.165) is 23.5 Å². The van der Waals surface area contributed by atoms with Crippen molar-refractivity contribution >= 4 is 22.0 Å². The maximum absolute atomic E-state index is 12.3. The molecular weight excluding hydrogens is 328 g/mol. The molecule has 1 aromatic rings. The molecule has 0 saturated heterocycles. The topological polar surface area (TPSA) is 32.3 Å². The first-order chi connectivity index (χ1) is 9.92. The quantitative estimate of drug-likeness (QED) is 0.818. The first-order valence-electron chi connectivity index (χ1n) is 7.71. The van der Waals surface area contributed by atoms with E-state index in [1.165, 1.54) is 18.4 Å². The van der Waals surface area contributed by atoms with Crippen LogP contribution in [0.3, 0.4) is 0 Å². The van der Waals surface area contributed by atoms with Crippen molar-refractivity contribution in [2.24, 2.45) is 5.92 Å². The lowest BCUT2D eigenvalue weighted by atomic mass is 9.85. The lowest BCUT2D eigenvalue weighted by Crippen LogP contribution is -2.45. The number of hydrogen-bond acceptors (Lipinski definition) is 1. The van der Waals surface area contributed by atoms with Gasteiger partial charge in [0.25, 0.3) is 0 Å². The van der Waals surface area contributed by atoms with Crippen molar-refractivity contribution in [3.8, 4) is 0 Å². The Balaban J connectivity index is 1.90. The number of hydrogen-bond donors (Lipinski definition) is 1. The summed E-state index contributed by atoms with van der Waals surface area (Å²) in [4.78, 5) is 14.2. The van der Waals surface area contributed by atoms with Crippen LogP contribution in [0.2, 0.25) is 0 Å². The summed E-state index contributed by atoms with van der Waals surface area (Å²) in [6.07, 6.45) is 2.54. The minimum absolute atomic E-state index is 0.0644. The molecule has 0 heterocycles. The highest BCUT2D eigenvalue weighted by Gasteiger charge is 2.27. The molecule has 1 aliphatic carbocycles. The summed E-state index contributed by atoms with van der Waals surface area (Å²) >= 11 is 3.46. The monoisotopic (exact) mass is 352 g/mol. The van der Waals surface area contributed by atoms with Crippen LogP contribution in [-0.4, -0.2) is 30.6 Å². The van der Waals surface area contributed by atoms with Crippen molar-refractivity contribution in [2.45, 2.75) is 39.0 Å². The van der Waals surface area contributed by atoms with E-state index in [4.69, 9.17) is 0 Å². The van der Waals surface area contributed by atoms with Gasteiger partial charge in [0.1, 0.15) is 0 Å². The largest absolute Gasteiger partial charge is 0.337 e. The summed E-state index contributed by atoms with van der Waals surface area (Å²) in [5.41, 5.74) is 1.16. The van der Waals surface area contributed by atoms with Gasteiger partial charge in [-0.15, -0.1) is 0 Å². The van der Waals surface area contributed by atoms with E-state index >= 15 is 0 Å². The van der Waals surface area contributed by atoms with Gasteiger partial charge < -0.3 is 10.2 Å². The SMILES string of the molecule is CCN(CC1CC1)C(=O)NCC(C)(C)c1ccc(Br)cc1. The molecule has 0 unspecified atom stereocenters. The summed E-state index contributed by atoms with van der Waals surface area (Å²) in [6.45, 7) is 8.69. The van der Waals surface area contributed by atoms with Gasteiger partial charge in [0.15, 0.2) is 0 Å². The number of urea groups is 1. The second-order valence-electron chi connectivity index (χ2n) is 6.53. The van der Waals surface area contributed by atoms with Crippen molar-refractivity contribution in [2.75, 3.05) is 19.6 Å². The molecule has 1 aliphatic rings. The van der Waals surface area contributed by atoms with Crippen molar-refractivity contribution in [3.63, 3.8) is 0 Å². The molecule has 1 aromatic carbocycles. The molecule has 0 spiro atoms. The van der Waals surface area contributed by atoms with Crippen LogP contribution in [0, 0.1) is 5.92 Å².